The second kappa shape index (κ2) is 9.77. The average Bonchev–Trinajstić information content (AvgIpc) is 3.43. The fourth-order valence-corrected chi connectivity index (χ4v) is 3.56. The number of anilines is 1. The van der Waals surface area contributed by atoms with Crippen LogP contribution in [-0.2, 0) is 14.3 Å². The van der Waals surface area contributed by atoms with Crippen LogP contribution in [0.3, 0.4) is 0 Å². The molecule has 0 spiro atoms. The minimum atomic E-state index is -5.08. The Hall–Kier alpha value is -3.48. The Balaban J connectivity index is 0.000000360. The van der Waals surface area contributed by atoms with Crippen molar-refractivity contribution < 1.29 is 37.4 Å². The molecule has 32 heavy (non-hydrogen) atoms. The molecule has 0 aromatic carbocycles. The van der Waals surface area contributed by atoms with Gasteiger partial charge in [0.2, 0.25) is 0 Å². The molecule has 0 bridgehead atoms. The Morgan fingerprint density at radius 3 is 2.53 bits per heavy atom. The summed E-state index contributed by atoms with van der Waals surface area (Å²) >= 11 is 0. The number of aliphatic carboxylic acids is 1. The number of hydrogen-bond acceptors (Lipinski definition) is 6. The molecule has 0 saturated carbocycles. The number of ether oxygens (including phenoxy) is 1. The van der Waals surface area contributed by atoms with E-state index in [1.54, 1.807) is 36.8 Å². The summed E-state index contributed by atoms with van der Waals surface area (Å²) in [6.07, 6.45) is 1.20. The smallest absolute Gasteiger partial charge is 0.475 e. The molecule has 0 unspecified atom stereocenters. The fourth-order valence-electron chi connectivity index (χ4n) is 3.56. The molecule has 2 fully saturated rings. The molecule has 2 amide bonds. The highest BCUT2D eigenvalue weighted by molar-refractivity contribution is 5.94. The maximum atomic E-state index is 12.5. The van der Waals surface area contributed by atoms with Crippen molar-refractivity contribution in [3.63, 3.8) is 0 Å². The molecule has 3 N–H and O–H groups in total. The number of hydrogen-bond donors (Lipinski definition) is 3. The van der Waals surface area contributed by atoms with E-state index in [0.717, 1.165) is 12.8 Å². The number of aromatic nitrogens is 3. The van der Waals surface area contributed by atoms with Crippen LogP contribution >= 0.6 is 0 Å². The van der Waals surface area contributed by atoms with Gasteiger partial charge in [-0.3, -0.25) is 19.7 Å². The second-order valence-corrected chi connectivity index (χ2v) is 7.10. The van der Waals surface area contributed by atoms with E-state index in [-0.39, 0.29) is 24.0 Å². The molecule has 10 nitrogen and oxygen atoms in total. The summed E-state index contributed by atoms with van der Waals surface area (Å²) in [5.74, 6) is -2.98. The van der Waals surface area contributed by atoms with Crippen LogP contribution in [0.5, 0.6) is 0 Å². The molecule has 172 valence electrons. The molecule has 2 saturated heterocycles. The number of nitrogens with zero attached hydrogens (tertiary/aromatic N) is 3. The van der Waals surface area contributed by atoms with Gasteiger partial charge in [0.25, 0.3) is 11.8 Å². The first-order valence-electron chi connectivity index (χ1n) is 9.63. The normalized spacial score (nSPS) is 22.3. The highest BCUT2D eigenvalue weighted by Gasteiger charge is 2.44. The molecule has 0 radical (unpaired) electrons. The zero-order valence-electron chi connectivity index (χ0n) is 16.6. The van der Waals surface area contributed by atoms with Crippen LogP contribution in [-0.4, -0.2) is 73.9 Å². The lowest BCUT2D eigenvalue weighted by atomic mass is 9.98. The second-order valence-electron chi connectivity index (χ2n) is 7.10. The largest absolute Gasteiger partial charge is 0.490 e. The van der Waals surface area contributed by atoms with Crippen molar-refractivity contribution in [2.24, 2.45) is 0 Å². The van der Waals surface area contributed by atoms with E-state index < -0.39 is 18.2 Å². The topological polar surface area (TPSA) is 138 Å². The van der Waals surface area contributed by atoms with Crippen molar-refractivity contribution in [2.45, 2.75) is 43.7 Å². The quantitative estimate of drug-likeness (QED) is 0.642. The highest BCUT2D eigenvalue weighted by Crippen LogP contribution is 2.32. The Bertz CT molecular complexity index is 939. The van der Waals surface area contributed by atoms with Crippen molar-refractivity contribution in [2.75, 3.05) is 11.9 Å². The van der Waals surface area contributed by atoms with E-state index in [0.29, 0.717) is 24.3 Å². The summed E-state index contributed by atoms with van der Waals surface area (Å²) < 4.78 is 37.7. The van der Waals surface area contributed by atoms with E-state index in [4.69, 9.17) is 14.6 Å². The van der Waals surface area contributed by atoms with Crippen molar-refractivity contribution in [3.05, 3.63) is 42.5 Å². The predicted molar refractivity (Wildman–Crippen MR) is 102 cm³/mol. The van der Waals surface area contributed by atoms with E-state index >= 15 is 0 Å². The molecule has 4 rings (SSSR count). The Morgan fingerprint density at radius 1 is 1.19 bits per heavy atom. The van der Waals surface area contributed by atoms with Gasteiger partial charge in [0.15, 0.2) is 0 Å². The van der Waals surface area contributed by atoms with Crippen LogP contribution < -0.4 is 5.32 Å². The molecular formula is C19H20F3N5O5. The maximum Gasteiger partial charge on any atom is 0.490 e. The van der Waals surface area contributed by atoms with Crippen LogP contribution in [0.15, 0.2) is 36.8 Å². The number of halogens is 3. The molecule has 2 aliphatic heterocycles. The van der Waals surface area contributed by atoms with Crippen molar-refractivity contribution in [1.82, 2.24) is 20.1 Å². The summed E-state index contributed by atoms with van der Waals surface area (Å²) in [4.78, 5) is 39.6. The Morgan fingerprint density at radius 2 is 1.94 bits per heavy atom. The molecule has 3 atom stereocenters. The number of alkyl halides is 3. The number of pyridine rings is 1. The van der Waals surface area contributed by atoms with Crippen LogP contribution in [0.2, 0.25) is 0 Å². The third kappa shape index (κ3) is 5.60. The lowest BCUT2D eigenvalue weighted by Gasteiger charge is -2.35. The fraction of sp³-hybridized carbons (Fsp3) is 0.421. The van der Waals surface area contributed by atoms with Gasteiger partial charge in [-0.2, -0.15) is 18.3 Å². The molecule has 0 aliphatic carbocycles. The zero-order chi connectivity index (χ0) is 23.3. The standard InChI is InChI=1S/C17H19N5O3.C2HF3O2/c23-16(20-11-2-1-7-18-10-11)15-4-3-13-14(25-15)6-9-22(13)17(24)12-5-8-19-21-12;3-2(4,5)1(6)7/h1-2,5,7-8,10,13-15H,3-4,6,9H2,(H,19,21)(H,20,23);(H,6,7)/t13-,14-,15-;/m1./s1. The van der Waals surface area contributed by atoms with Gasteiger partial charge in [-0.1, -0.05) is 0 Å². The van der Waals surface area contributed by atoms with E-state index in [9.17, 15) is 22.8 Å². The van der Waals surface area contributed by atoms with Gasteiger partial charge in [-0.05, 0) is 37.5 Å². The van der Waals surface area contributed by atoms with Crippen LogP contribution in [0.1, 0.15) is 29.8 Å². The van der Waals surface area contributed by atoms with Crippen molar-refractivity contribution in [1.29, 1.82) is 0 Å². The number of carboxylic acids is 1. The minimum Gasteiger partial charge on any atom is -0.475 e. The average molecular weight is 455 g/mol. The minimum absolute atomic E-state index is 0.0123. The third-order valence-electron chi connectivity index (χ3n) is 5.00. The number of rotatable bonds is 3. The number of carbonyl (C=O) groups excluding carboxylic acids is 2. The predicted octanol–water partition coefficient (Wildman–Crippen LogP) is 1.84. The molecular weight excluding hydrogens is 435 g/mol. The summed E-state index contributed by atoms with van der Waals surface area (Å²) in [7, 11) is 0. The molecule has 2 aromatic rings. The van der Waals surface area contributed by atoms with Crippen LogP contribution in [0.25, 0.3) is 0 Å². The number of amides is 2. The third-order valence-corrected chi connectivity index (χ3v) is 5.00. The van der Waals surface area contributed by atoms with Gasteiger partial charge < -0.3 is 20.1 Å². The molecule has 13 heteroatoms. The van der Waals surface area contributed by atoms with Gasteiger partial charge in [0.05, 0.1) is 24.0 Å². The summed E-state index contributed by atoms with van der Waals surface area (Å²) in [6, 6.07) is 5.24. The van der Waals surface area contributed by atoms with Gasteiger partial charge in [0.1, 0.15) is 11.8 Å². The maximum absolute atomic E-state index is 12.5. The molecule has 2 aliphatic rings. The van der Waals surface area contributed by atoms with Gasteiger partial charge in [0, 0.05) is 18.9 Å². The lowest BCUT2D eigenvalue weighted by Crippen LogP contribution is -2.47. The van der Waals surface area contributed by atoms with E-state index in [2.05, 4.69) is 20.5 Å². The number of H-pyrrole nitrogens is 1. The molecule has 4 heterocycles. The van der Waals surface area contributed by atoms with Crippen LogP contribution in [0.4, 0.5) is 18.9 Å². The summed E-state index contributed by atoms with van der Waals surface area (Å²) in [5, 5.41) is 16.5. The zero-order valence-corrected chi connectivity index (χ0v) is 16.6. The highest BCUT2D eigenvalue weighted by atomic mass is 19.4. The summed E-state index contributed by atoms with van der Waals surface area (Å²) in [5.41, 5.74) is 1.14. The van der Waals surface area contributed by atoms with Crippen LogP contribution in [0, 0.1) is 0 Å². The number of nitrogens with one attached hydrogen (secondary N) is 2. The van der Waals surface area contributed by atoms with Crippen molar-refractivity contribution in [3.8, 4) is 0 Å². The monoisotopic (exact) mass is 455 g/mol. The number of carbonyl (C=O) groups is 3. The van der Waals surface area contributed by atoms with E-state index in [1.807, 2.05) is 4.90 Å². The Kier molecular flexibility index (Phi) is 7.08. The lowest BCUT2D eigenvalue weighted by molar-refractivity contribution is -0.192. The number of fused-ring (bicyclic) bond motifs is 1. The number of carboxylic acid groups (broad SMARTS) is 1. The van der Waals surface area contributed by atoms with Gasteiger partial charge >= 0.3 is 12.1 Å². The van der Waals surface area contributed by atoms with Crippen molar-refractivity contribution >= 4 is 23.5 Å². The first-order chi connectivity index (χ1) is 15.2. The number of aromatic amines is 1. The van der Waals surface area contributed by atoms with Gasteiger partial charge in [-0.25, -0.2) is 4.79 Å². The van der Waals surface area contributed by atoms with Gasteiger partial charge in [-0.15, -0.1) is 0 Å². The first kappa shape index (κ1) is 23.2. The summed E-state index contributed by atoms with van der Waals surface area (Å²) in [6.45, 7) is 0.629. The molecule has 2 aromatic heterocycles. The number of likely N-dealkylation sites (tertiary alicyclic amines) is 1. The van der Waals surface area contributed by atoms with E-state index in [1.165, 1.54) is 0 Å². The SMILES string of the molecule is O=C(Nc1cccnc1)[C@H]1CC[C@@H]2[C@@H](CCN2C(=O)c2ccn[nH]2)O1.O=C(O)C(F)(F)F. The first-order valence-corrected chi connectivity index (χ1v) is 9.63. The Labute approximate surface area is 179 Å².